The lowest BCUT2D eigenvalue weighted by atomic mass is 9.54. The van der Waals surface area contributed by atoms with E-state index in [0.29, 0.717) is 17.8 Å². The van der Waals surface area contributed by atoms with Gasteiger partial charge in [-0.1, -0.05) is 23.3 Å². The maximum Gasteiger partial charge on any atom is 0.118 e. The number of hydrogen-bond donors (Lipinski definition) is 1. The van der Waals surface area contributed by atoms with Crippen LogP contribution in [0, 0.1) is 27.1 Å². The van der Waals surface area contributed by atoms with Crippen molar-refractivity contribution in [2.75, 3.05) is 0 Å². The van der Waals surface area contributed by atoms with Crippen molar-refractivity contribution >= 4 is 0 Å². The summed E-state index contributed by atoms with van der Waals surface area (Å²) in [6, 6.07) is 4.91. The van der Waals surface area contributed by atoms with Crippen LogP contribution in [0.1, 0.15) is 62.1 Å². The summed E-state index contributed by atoms with van der Waals surface area (Å²) >= 11 is 0. The fourth-order valence-electron chi connectivity index (χ4n) is 5.82. The van der Waals surface area contributed by atoms with Crippen LogP contribution >= 0.6 is 0 Å². The van der Waals surface area contributed by atoms with Crippen LogP contribution in [-0.4, -0.2) is 11.1 Å². The highest BCUT2D eigenvalue weighted by atomic mass is 16.3. The van der Waals surface area contributed by atoms with Gasteiger partial charge in [0.05, 0.1) is 6.04 Å². The minimum absolute atomic E-state index is 0.0230. The average molecular weight is 314 g/mol. The molecule has 3 aliphatic rings. The van der Waals surface area contributed by atoms with E-state index in [1.165, 1.54) is 5.56 Å². The summed E-state index contributed by atoms with van der Waals surface area (Å²) in [6.07, 6.45) is 4.65. The van der Waals surface area contributed by atoms with Gasteiger partial charge in [0.2, 0.25) is 0 Å². The first-order valence-corrected chi connectivity index (χ1v) is 8.56. The molecule has 122 valence electrons. The zero-order valence-corrected chi connectivity index (χ0v) is 13.3. The van der Waals surface area contributed by atoms with Crippen LogP contribution in [0.4, 0.5) is 0 Å². The highest BCUT2D eigenvalue weighted by molar-refractivity contribution is 5.42. The molecular formula is C18H22N2O3. The van der Waals surface area contributed by atoms with E-state index in [1.54, 1.807) is 12.1 Å². The summed E-state index contributed by atoms with van der Waals surface area (Å²) in [7, 11) is 0. The van der Waals surface area contributed by atoms with Crippen molar-refractivity contribution in [3.63, 3.8) is 0 Å². The normalized spacial score (nSPS) is 41.5. The lowest BCUT2D eigenvalue weighted by molar-refractivity contribution is 0.0447. The van der Waals surface area contributed by atoms with Crippen LogP contribution in [0.2, 0.25) is 0 Å². The molecule has 4 rings (SSSR count). The van der Waals surface area contributed by atoms with Crippen molar-refractivity contribution in [3.05, 3.63) is 39.1 Å². The van der Waals surface area contributed by atoms with Crippen molar-refractivity contribution in [2.24, 2.45) is 27.6 Å². The first kappa shape index (κ1) is 14.8. The number of phenolic OH excluding ortho intramolecular Hbond substituents is 1. The second-order valence-corrected chi connectivity index (χ2v) is 7.79. The Morgan fingerprint density at radius 2 is 1.96 bits per heavy atom. The van der Waals surface area contributed by atoms with Gasteiger partial charge in [-0.2, -0.15) is 9.81 Å². The Morgan fingerprint density at radius 1 is 1.13 bits per heavy atom. The van der Waals surface area contributed by atoms with Crippen LogP contribution < -0.4 is 0 Å². The number of nitrogens with zero attached hydrogens (tertiary/aromatic N) is 2. The second-order valence-electron chi connectivity index (χ2n) is 7.79. The fraction of sp³-hybridized carbons (Fsp3) is 0.667. The van der Waals surface area contributed by atoms with E-state index in [1.807, 2.05) is 6.07 Å². The molecule has 23 heavy (non-hydrogen) atoms. The fourth-order valence-corrected chi connectivity index (χ4v) is 5.82. The number of aromatic hydroxyl groups is 1. The Bertz CT molecular complexity index is 662. The average Bonchev–Trinajstić information content (AvgIpc) is 2.90. The van der Waals surface area contributed by atoms with Gasteiger partial charge in [0.25, 0.3) is 0 Å². The first-order valence-electron chi connectivity index (χ1n) is 8.56. The Morgan fingerprint density at radius 3 is 2.70 bits per heavy atom. The van der Waals surface area contributed by atoms with Crippen LogP contribution in [0.5, 0.6) is 5.75 Å². The number of nitroso groups, excluding NO2 is 2. The zero-order valence-electron chi connectivity index (χ0n) is 13.3. The van der Waals surface area contributed by atoms with Gasteiger partial charge in [-0.05, 0) is 78.5 Å². The van der Waals surface area contributed by atoms with Gasteiger partial charge in [0.15, 0.2) is 0 Å². The molecule has 6 atom stereocenters. The maximum absolute atomic E-state index is 11.4. The smallest absolute Gasteiger partial charge is 0.118 e. The molecule has 5 unspecified atom stereocenters. The standard InChI is InChI=1S/C18H22N2O3/c1-18-7-6-12-11-3-2-10(21)8-14(11)16(19-22)9-13(12)15(18)4-5-17(18)20-23/h2-3,8,12-13,15-17,21H,4-7,9H2,1H3/t12?,13?,15?,16?,17?,18-/m0/s1. The molecule has 1 aromatic carbocycles. The van der Waals surface area contributed by atoms with Gasteiger partial charge in [-0.15, -0.1) is 0 Å². The molecule has 5 nitrogen and oxygen atoms in total. The van der Waals surface area contributed by atoms with Crippen molar-refractivity contribution in [3.8, 4) is 5.75 Å². The van der Waals surface area contributed by atoms with E-state index >= 15 is 0 Å². The van der Waals surface area contributed by atoms with Crippen LogP contribution in [-0.2, 0) is 0 Å². The largest absolute Gasteiger partial charge is 0.508 e. The summed E-state index contributed by atoms with van der Waals surface area (Å²) in [5.41, 5.74) is 2.05. The minimum atomic E-state index is -0.385. The number of benzene rings is 1. The molecule has 0 radical (unpaired) electrons. The summed E-state index contributed by atoms with van der Waals surface area (Å²) in [4.78, 5) is 22.6. The van der Waals surface area contributed by atoms with Gasteiger partial charge in [-0.3, -0.25) is 0 Å². The quantitative estimate of drug-likeness (QED) is 0.807. The maximum atomic E-state index is 11.4. The molecule has 0 heterocycles. The number of hydrogen-bond acceptors (Lipinski definition) is 5. The van der Waals surface area contributed by atoms with Crippen molar-refractivity contribution in [1.29, 1.82) is 0 Å². The molecule has 0 aromatic heterocycles. The molecule has 1 aromatic rings. The van der Waals surface area contributed by atoms with Crippen molar-refractivity contribution in [2.45, 2.75) is 57.0 Å². The van der Waals surface area contributed by atoms with Crippen LogP contribution in [0.25, 0.3) is 0 Å². The SMILES string of the molecule is C[C@]12CCC3c4ccc(O)cc4C(N=O)CC3C1CCC2N=O. The van der Waals surface area contributed by atoms with E-state index in [4.69, 9.17) is 0 Å². The highest BCUT2D eigenvalue weighted by Crippen LogP contribution is 2.63. The second kappa shape index (κ2) is 5.11. The van der Waals surface area contributed by atoms with Crippen molar-refractivity contribution < 1.29 is 5.11 Å². The third-order valence-electron chi connectivity index (χ3n) is 6.97. The van der Waals surface area contributed by atoms with Crippen LogP contribution in [0.15, 0.2) is 28.6 Å². The topological polar surface area (TPSA) is 79.1 Å². The number of phenols is 1. The van der Waals surface area contributed by atoms with E-state index in [2.05, 4.69) is 17.3 Å². The number of fused-ring (bicyclic) bond motifs is 5. The Hall–Kier alpha value is -1.78. The first-order chi connectivity index (χ1) is 11.1. The Balaban J connectivity index is 1.76. The molecular weight excluding hydrogens is 292 g/mol. The van der Waals surface area contributed by atoms with Gasteiger partial charge in [0, 0.05) is 0 Å². The molecule has 3 aliphatic carbocycles. The molecule has 5 heteroatoms. The van der Waals surface area contributed by atoms with E-state index < -0.39 is 0 Å². The summed E-state index contributed by atoms with van der Waals surface area (Å²) in [5.74, 6) is 1.44. The summed E-state index contributed by atoms with van der Waals surface area (Å²) in [5, 5.41) is 16.5. The predicted octanol–water partition coefficient (Wildman–Crippen LogP) is 4.65. The molecule has 2 saturated carbocycles. The summed E-state index contributed by atoms with van der Waals surface area (Å²) in [6.45, 7) is 2.21. The monoisotopic (exact) mass is 314 g/mol. The molecule has 2 fully saturated rings. The van der Waals surface area contributed by atoms with Gasteiger partial charge in [-0.25, -0.2) is 0 Å². The lowest BCUT2D eigenvalue weighted by Gasteiger charge is -2.50. The van der Waals surface area contributed by atoms with E-state index in [0.717, 1.165) is 37.7 Å². The number of rotatable bonds is 2. The molecule has 0 aliphatic heterocycles. The van der Waals surface area contributed by atoms with E-state index in [9.17, 15) is 14.9 Å². The minimum Gasteiger partial charge on any atom is -0.508 e. The lowest BCUT2D eigenvalue weighted by Crippen LogP contribution is -2.43. The van der Waals surface area contributed by atoms with Crippen LogP contribution in [0.3, 0.4) is 0 Å². The van der Waals surface area contributed by atoms with Gasteiger partial charge < -0.3 is 5.11 Å². The third kappa shape index (κ3) is 1.98. The predicted molar refractivity (Wildman–Crippen MR) is 87.1 cm³/mol. The molecule has 0 spiro atoms. The van der Waals surface area contributed by atoms with Gasteiger partial charge >= 0.3 is 0 Å². The molecule has 1 N–H and O–H groups in total. The highest BCUT2D eigenvalue weighted by Gasteiger charge is 2.56. The third-order valence-corrected chi connectivity index (χ3v) is 6.97. The van der Waals surface area contributed by atoms with E-state index in [-0.39, 0.29) is 23.2 Å². The molecule has 0 saturated heterocycles. The van der Waals surface area contributed by atoms with Gasteiger partial charge in [0.1, 0.15) is 11.8 Å². The Kier molecular flexibility index (Phi) is 3.29. The zero-order chi connectivity index (χ0) is 16.2. The van der Waals surface area contributed by atoms with Crippen molar-refractivity contribution in [1.82, 2.24) is 0 Å². The Labute approximate surface area is 135 Å². The summed E-state index contributed by atoms with van der Waals surface area (Å²) < 4.78 is 0. The molecule has 0 amide bonds. The molecule has 0 bridgehead atoms.